The molecule has 0 aromatic carbocycles. The summed E-state index contributed by atoms with van der Waals surface area (Å²) in [5.74, 6) is -7.03. The first-order valence-electron chi connectivity index (χ1n) is 11.1. The zero-order valence-electron chi connectivity index (χ0n) is 19.6. The average molecular weight is 517 g/mol. The molecule has 0 aromatic heterocycles. The lowest BCUT2D eigenvalue weighted by atomic mass is 10.1. The van der Waals surface area contributed by atoms with Crippen LogP contribution in [-0.4, -0.2) is 105 Å². The summed E-state index contributed by atoms with van der Waals surface area (Å²) in [4.78, 5) is 84.1. The molecule has 5 atom stereocenters. The normalized spacial score (nSPS) is 18.3. The molecule has 5 amide bonds. The highest BCUT2D eigenvalue weighted by atomic mass is 16.4. The molecule has 1 fully saturated rings. The van der Waals surface area contributed by atoms with E-state index >= 15 is 0 Å². The van der Waals surface area contributed by atoms with Gasteiger partial charge in [0.1, 0.15) is 12.1 Å². The van der Waals surface area contributed by atoms with Crippen LogP contribution < -0.4 is 27.4 Å². The fourth-order valence-electron chi connectivity index (χ4n) is 3.49. The molecule has 0 radical (unpaired) electrons. The van der Waals surface area contributed by atoms with Crippen LogP contribution in [0.15, 0.2) is 0 Å². The van der Waals surface area contributed by atoms with E-state index in [9.17, 15) is 38.7 Å². The molecule has 0 aliphatic carbocycles. The number of nitrogens with zero attached hydrogens (tertiary/aromatic N) is 1. The van der Waals surface area contributed by atoms with Crippen LogP contribution in [0.3, 0.4) is 0 Å². The van der Waals surface area contributed by atoms with Gasteiger partial charge < -0.3 is 47.6 Å². The van der Waals surface area contributed by atoms with E-state index in [2.05, 4.69) is 10.6 Å². The van der Waals surface area contributed by atoms with Crippen LogP contribution in [0, 0.1) is 0 Å². The van der Waals surface area contributed by atoms with Gasteiger partial charge in [0.2, 0.25) is 29.5 Å². The molecule has 0 bridgehead atoms. The minimum Gasteiger partial charge on any atom is -0.481 e. The van der Waals surface area contributed by atoms with Crippen LogP contribution in [0.5, 0.6) is 0 Å². The quantitative estimate of drug-likeness (QED) is 0.109. The molecule has 1 aliphatic heterocycles. The second-order valence-corrected chi connectivity index (χ2v) is 8.30. The summed E-state index contributed by atoms with van der Waals surface area (Å²) < 4.78 is 0. The van der Waals surface area contributed by atoms with Gasteiger partial charge in [-0.1, -0.05) is 0 Å². The number of carboxylic acids is 2. The molecule has 10 N–H and O–H groups in total. The van der Waals surface area contributed by atoms with Gasteiger partial charge in [-0.3, -0.25) is 28.8 Å². The fourth-order valence-corrected chi connectivity index (χ4v) is 3.49. The number of aliphatic carboxylic acids is 2. The average Bonchev–Trinajstić information content (AvgIpc) is 3.27. The Labute approximate surface area is 205 Å². The molecule has 1 aliphatic rings. The van der Waals surface area contributed by atoms with Gasteiger partial charge in [-0.05, 0) is 26.2 Å². The summed E-state index contributed by atoms with van der Waals surface area (Å²) in [5.41, 5.74) is 10.8. The van der Waals surface area contributed by atoms with E-state index in [1.807, 2.05) is 5.32 Å². The number of primary amides is 1. The zero-order valence-corrected chi connectivity index (χ0v) is 19.6. The summed E-state index contributed by atoms with van der Waals surface area (Å²) in [6.45, 7) is 0.663. The Morgan fingerprint density at radius 2 is 1.72 bits per heavy atom. The topological polar surface area (TPSA) is 272 Å². The number of carbonyl (C=O) groups excluding carboxylic acids is 5. The molecule has 1 rings (SSSR count). The second-order valence-electron chi connectivity index (χ2n) is 8.30. The molecule has 16 nitrogen and oxygen atoms in total. The lowest BCUT2D eigenvalue weighted by Crippen LogP contribution is -2.56. The summed E-state index contributed by atoms with van der Waals surface area (Å²) in [6, 6.07) is -5.41. The van der Waals surface area contributed by atoms with Gasteiger partial charge in [0.05, 0.1) is 25.1 Å². The predicted molar refractivity (Wildman–Crippen MR) is 120 cm³/mol. The number of hydrogen-bond acceptors (Lipinski definition) is 9. The Morgan fingerprint density at radius 3 is 2.25 bits per heavy atom. The van der Waals surface area contributed by atoms with Crippen molar-refractivity contribution in [1.82, 2.24) is 20.9 Å². The number of nitrogens with two attached hydrogens (primary N) is 2. The zero-order chi connectivity index (χ0) is 27.6. The summed E-state index contributed by atoms with van der Waals surface area (Å²) in [5, 5.41) is 33.9. The standard InChI is InChI=1S/C20H32N6O10/c1-9(27)16(20(35)36)25-17(32)11(7-15(30)31)24-14(29)8-23-18(33)12-3-2-6-26(12)19(34)10(21)4-5-13(22)28/h9-12,16,27H,2-8,21H2,1H3,(H2,22,28)(H,23,33)(H,24,29)(H,25,32)(H,30,31)(H,35,36)/t9-,10+,11+,12+,16+/m1/s1. The molecule has 0 aromatic rings. The smallest absolute Gasteiger partial charge is 0.328 e. The molecular formula is C20H32N6O10. The van der Waals surface area contributed by atoms with Crippen LogP contribution in [0.25, 0.3) is 0 Å². The number of likely N-dealkylation sites (tertiary alicyclic amines) is 1. The number of rotatable bonds is 14. The van der Waals surface area contributed by atoms with E-state index < -0.39 is 84.7 Å². The van der Waals surface area contributed by atoms with Gasteiger partial charge in [-0.15, -0.1) is 0 Å². The van der Waals surface area contributed by atoms with Crippen LogP contribution >= 0.6 is 0 Å². The Hall–Kier alpha value is -3.79. The first kappa shape index (κ1) is 30.2. The SMILES string of the molecule is C[C@@H](O)[C@H](NC(=O)[C@H](CC(=O)O)NC(=O)CNC(=O)[C@@H]1CCCN1C(=O)[C@@H](N)CCC(N)=O)C(=O)O. The van der Waals surface area contributed by atoms with Crippen molar-refractivity contribution in [2.24, 2.45) is 11.5 Å². The highest BCUT2D eigenvalue weighted by Gasteiger charge is 2.36. The van der Waals surface area contributed by atoms with Crippen LogP contribution in [0.4, 0.5) is 0 Å². The molecule has 0 unspecified atom stereocenters. The van der Waals surface area contributed by atoms with Crippen molar-refractivity contribution in [2.45, 2.75) is 69.3 Å². The molecule has 1 saturated heterocycles. The maximum atomic E-state index is 12.6. The predicted octanol–water partition coefficient (Wildman–Crippen LogP) is -4.40. The van der Waals surface area contributed by atoms with E-state index in [0.29, 0.717) is 12.8 Å². The van der Waals surface area contributed by atoms with Crippen molar-refractivity contribution in [3.8, 4) is 0 Å². The Balaban J connectivity index is 2.73. The summed E-state index contributed by atoms with van der Waals surface area (Å²) in [6.07, 6.45) is -1.71. The number of hydrogen-bond donors (Lipinski definition) is 8. The molecular weight excluding hydrogens is 484 g/mol. The molecule has 36 heavy (non-hydrogen) atoms. The molecule has 16 heteroatoms. The highest BCUT2D eigenvalue weighted by molar-refractivity contribution is 5.95. The van der Waals surface area contributed by atoms with E-state index in [1.54, 1.807) is 0 Å². The van der Waals surface area contributed by atoms with Crippen molar-refractivity contribution in [3.63, 3.8) is 0 Å². The van der Waals surface area contributed by atoms with Crippen molar-refractivity contribution in [2.75, 3.05) is 13.1 Å². The monoisotopic (exact) mass is 516 g/mol. The van der Waals surface area contributed by atoms with Crippen molar-refractivity contribution in [3.05, 3.63) is 0 Å². The fraction of sp³-hybridized carbons (Fsp3) is 0.650. The number of carboxylic acid groups (broad SMARTS) is 2. The Morgan fingerprint density at radius 1 is 1.08 bits per heavy atom. The third-order valence-electron chi connectivity index (χ3n) is 5.36. The highest BCUT2D eigenvalue weighted by Crippen LogP contribution is 2.19. The van der Waals surface area contributed by atoms with Crippen molar-refractivity contribution >= 4 is 41.5 Å². The number of amides is 5. The third kappa shape index (κ3) is 9.46. The molecule has 1 heterocycles. The van der Waals surface area contributed by atoms with E-state index in [-0.39, 0.29) is 19.4 Å². The van der Waals surface area contributed by atoms with Gasteiger partial charge >= 0.3 is 11.9 Å². The van der Waals surface area contributed by atoms with Gasteiger partial charge in [0.15, 0.2) is 6.04 Å². The largest absolute Gasteiger partial charge is 0.481 e. The van der Waals surface area contributed by atoms with Crippen molar-refractivity contribution < 1.29 is 48.9 Å². The van der Waals surface area contributed by atoms with Gasteiger partial charge in [-0.2, -0.15) is 0 Å². The second kappa shape index (κ2) is 13.9. The third-order valence-corrected chi connectivity index (χ3v) is 5.36. The summed E-state index contributed by atoms with van der Waals surface area (Å²) in [7, 11) is 0. The number of nitrogens with one attached hydrogen (secondary N) is 3. The van der Waals surface area contributed by atoms with E-state index in [1.165, 1.54) is 4.90 Å². The summed E-state index contributed by atoms with van der Waals surface area (Å²) >= 11 is 0. The molecule has 202 valence electrons. The van der Waals surface area contributed by atoms with Gasteiger partial charge in [0.25, 0.3) is 0 Å². The van der Waals surface area contributed by atoms with E-state index in [0.717, 1.165) is 6.92 Å². The molecule has 0 saturated carbocycles. The minimum atomic E-state index is -1.74. The van der Waals surface area contributed by atoms with Crippen LogP contribution in [-0.2, 0) is 33.6 Å². The Bertz CT molecular complexity index is 879. The lowest BCUT2D eigenvalue weighted by molar-refractivity contribution is -0.145. The first-order chi connectivity index (χ1) is 16.7. The number of carbonyl (C=O) groups is 7. The lowest BCUT2D eigenvalue weighted by Gasteiger charge is -2.26. The van der Waals surface area contributed by atoms with Crippen LogP contribution in [0.2, 0.25) is 0 Å². The maximum Gasteiger partial charge on any atom is 0.328 e. The van der Waals surface area contributed by atoms with E-state index in [4.69, 9.17) is 21.7 Å². The van der Waals surface area contributed by atoms with Gasteiger partial charge in [0, 0.05) is 13.0 Å². The molecule has 0 spiro atoms. The first-order valence-corrected chi connectivity index (χ1v) is 11.1. The number of aliphatic hydroxyl groups is 1. The number of aliphatic hydroxyl groups excluding tert-OH is 1. The van der Waals surface area contributed by atoms with Crippen molar-refractivity contribution in [1.29, 1.82) is 0 Å². The minimum absolute atomic E-state index is 0.00619. The Kier molecular flexibility index (Phi) is 11.7. The van der Waals surface area contributed by atoms with Crippen LogP contribution in [0.1, 0.15) is 39.0 Å². The maximum absolute atomic E-state index is 12.6. The van der Waals surface area contributed by atoms with Gasteiger partial charge in [-0.25, -0.2) is 4.79 Å².